The van der Waals surface area contributed by atoms with Crippen LogP contribution >= 0.6 is 11.3 Å². The molecule has 5 rings (SSSR count). The van der Waals surface area contributed by atoms with E-state index in [1.165, 1.54) is 23.2 Å². The van der Waals surface area contributed by atoms with E-state index >= 15 is 0 Å². The highest BCUT2D eigenvalue weighted by Crippen LogP contribution is 2.40. The predicted molar refractivity (Wildman–Crippen MR) is 110 cm³/mol. The molecule has 0 N–H and O–H groups in total. The SMILES string of the molecule is O=C(c1cccn2ccnc12)N1CCC(F)(F)C(Oc2nc3c(C(F)(F)F)cccc3s2)C1. The van der Waals surface area contributed by atoms with E-state index in [2.05, 4.69) is 9.97 Å². The molecule has 6 nitrogen and oxygen atoms in total. The van der Waals surface area contributed by atoms with Crippen molar-refractivity contribution in [3.8, 4) is 5.19 Å². The van der Waals surface area contributed by atoms with Crippen molar-refractivity contribution in [2.24, 2.45) is 0 Å². The van der Waals surface area contributed by atoms with Gasteiger partial charge < -0.3 is 14.0 Å². The molecule has 4 aromatic rings. The summed E-state index contributed by atoms with van der Waals surface area (Å²) in [6, 6.07) is 6.71. The molecule has 0 radical (unpaired) electrons. The number of fused-ring (bicyclic) bond motifs is 2. The van der Waals surface area contributed by atoms with Gasteiger partial charge in [-0.05, 0) is 24.3 Å². The van der Waals surface area contributed by atoms with Gasteiger partial charge >= 0.3 is 6.18 Å². The van der Waals surface area contributed by atoms with Crippen molar-refractivity contribution in [1.29, 1.82) is 0 Å². The highest BCUT2D eigenvalue weighted by Gasteiger charge is 2.48. The molecule has 172 valence electrons. The van der Waals surface area contributed by atoms with E-state index in [0.29, 0.717) is 5.65 Å². The highest BCUT2D eigenvalue weighted by atomic mass is 32.1. The van der Waals surface area contributed by atoms with Crippen LogP contribution in [0, 0.1) is 0 Å². The number of pyridine rings is 1. The third-order valence-corrected chi connectivity index (χ3v) is 6.37. The lowest BCUT2D eigenvalue weighted by Gasteiger charge is -2.37. The zero-order valence-corrected chi connectivity index (χ0v) is 17.5. The van der Waals surface area contributed by atoms with Crippen molar-refractivity contribution in [1.82, 2.24) is 19.3 Å². The van der Waals surface area contributed by atoms with E-state index in [4.69, 9.17) is 4.74 Å². The van der Waals surface area contributed by atoms with Gasteiger partial charge in [-0.15, -0.1) is 0 Å². The minimum atomic E-state index is -4.64. The number of likely N-dealkylation sites (tertiary alicyclic amines) is 1. The number of amides is 1. The number of para-hydroxylation sites is 1. The third kappa shape index (κ3) is 3.88. The quantitative estimate of drug-likeness (QED) is 0.390. The Kier molecular flexibility index (Phi) is 5.00. The number of rotatable bonds is 3. The molecule has 1 amide bonds. The van der Waals surface area contributed by atoms with Gasteiger partial charge in [0.05, 0.1) is 27.9 Å². The molecular weight excluding hydrogens is 467 g/mol. The first kappa shape index (κ1) is 21.6. The second kappa shape index (κ2) is 7.65. The fraction of sp³-hybridized carbons (Fsp3) is 0.286. The Labute approximate surface area is 187 Å². The Balaban J connectivity index is 1.42. The maximum absolute atomic E-state index is 14.6. The smallest absolute Gasteiger partial charge is 0.418 e. The number of imidazole rings is 1. The van der Waals surface area contributed by atoms with Crippen molar-refractivity contribution in [2.75, 3.05) is 13.1 Å². The van der Waals surface area contributed by atoms with Crippen molar-refractivity contribution in [2.45, 2.75) is 24.6 Å². The Hall–Kier alpha value is -3.28. The van der Waals surface area contributed by atoms with Gasteiger partial charge in [-0.1, -0.05) is 17.4 Å². The molecule has 1 saturated heterocycles. The monoisotopic (exact) mass is 482 g/mol. The van der Waals surface area contributed by atoms with E-state index in [1.54, 1.807) is 28.9 Å². The van der Waals surface area contributed by atoms with Gasteiger partial charge in [0.2, 0.25) is 0 Å². The zero-order valence-electron chi connectivity index (χ0n) is 16.7. The van der Waals surface area contributed by atoms with E-state index < -0.39 is 42.6 Å². The number of aromatic nitrogens is 3. The Morgan fingerprint density at radius 3 is 2.79 bits per heavy atom. The molecule has 4 heterocycles. The molecule has 12 heteroatoms. The molecule has 1 aliphatic rings. The van der Waals surface area contributed by atoms with Crippen molar-refractivity contribution >= 4 is 33.1 Å². The molecule has 1 unspecified atom stereocenters. The second-order valence-electron chi connectivity index (χ2n) is 7.58. The van der Waals surface area contributed by atoms with Crippen molar-refractivity contribution < 1.29 is 31.5 Å². The predicted octanol–water partition coefficient (Wildman–Crippen LogP) is 4.89. The van der Waals surface area contributed by atoms with Crippen LogP contribution in [-0.2, 0) is 6.18 Å². The maximum atomic E-state index is 14.6. The maximum Gasteiger partial charge on any atom is 0.418 e. The van der Waals surface area contributed by atoms with Crippen molar-refractivity contribution in [3.05, 3.63) is 60.0 Å². The number of ether oxygens (including phenoxy) is 1. The Morgan fingerprint density at radius 2 is 2.00 bits per heavy atom. The van der Waals surface area contributed by atoms with Crippen LogP contribution in [0.3, 0.4) is 0 Å². The molecular formula is C21H15F5N4O2S. The van der Waals surface area contributed by atoms with Gasteiger partial charge in [0, 0.05) is 31.6 Å². The van der Waals surface area contributed by atoms with Crippen LogP contribution in [-0.4, -0.2) is 50.3 Å². The summed E-state index contributed by atoms with van der Waals surface area (Å²) in [7, 11) is 0. The number of piperidine rings is 1. The summed E-state index contributed by atoms with van der Waals surface area (Å²) in [5.41, 5.74) is -0.682. The van der Waals surface area contributed by atoms with Gasteiger partial charge in [-0.25, -0.2) is 18.7 Å². The largest absolute Gasteiger partial charge is 0.458 e. The number of thiazole rings is 1. The first-order valence-electron chi connectivity index (χ1n) is 9.86. The summed E-state index contributed by atoms with van der Waals surface area (Å²) in [6.45, 7) is -0.652. The summed E-state index contributed by atoms with van der Waals surface area (Å²) in [4.78, 5) is 22.3. The minimum Gasteiger partial charge on any atom is -0.458 e. The van der Waals surface area contributed by atoms with E-state index in [0.717, 1.165) is 17.4 Å². The van der Waals surface area contributed by atoms with Gasteiger partial charge in [-0.2, -0.15) is 13.2 Å². The number of nitrogens with zero attached hydrogens (tertiary/aromatic N) is 4. The fourth-order valence-corrected chi connectivity index (χ4v) is 4.68. The van der Waals surface area contributed by atoms with Crippen molar-refractivity contribution in [3.63, 3.8) is 0 Å². The molecule has 1 fully saturated rings. The number of hydrogen-bond donors (Lipinski definition) is 0. The Bertz CT molecular complexity index is 1350. The van der Waals surface area contributed by atoms with Crippen LogP contribution in [0.25, 0.3) is 15.9 Å². The first-order chi connectivity index (χ1) is 15.6. The van der Waals surface area contributed by atoms with E-state index in [9.17, 15) is 26.7 Å². The minimum absolute atomic E-state index is 0.165. The lowest BCUT2D eigenvalue weighted by Crippen LogP contribution is -2.55. The Morgan fingerprint density at radius 1 is 1.18 bits per heavy atom. The fourth-order valence-electron chi connectivity index (χ4n) is 3.79. The molecule has 0 aliphatic carbocycles. The number of carbonyl (C=O) groups excluding carboxylic acids is 1. The number of alkyl halides is 5. The summed E-state index contributed by atoms with van der Waals surface area (Å²) in [5.74, 6) is -3.78. The van der Waals surface area contributed by atoms with Gasteiger partial charge in [-0.3, -0.25) is 4.79 Å². The zero-order chi connectivity index (χ0) is 23.4. The molecule has 3 aromatic heterocycles. The van der Waals surface area contributed by atoms with Crippen LogP contribution < -0.4 is 4.74 Å². The molecule has 0 saturated carbocycles. The molecule has 1 aliphatic heterocycles. The van der Waals surface area contributed by atoms with Crippen LogP contribution in [0.2, 0.25) is 0 Å². The average molecular weight is 482 g/mol. The average Bonchev–Trinajstić information content (AvgIpc) is 3.39. The van der Waals surface area contributed by atoms with Crippen LogP contribution in [0.15, 0.2) is 48.9 Å². The summed E-state index contributed by atoms with van der Waals surface area (Å²) < 4.78 is 76.2. The summed E-state index contributed by atoms with van der Waals surface area (Å²) in [5, 5.41) is -0.309. The highest BCUT2D eigenvalue weighted by molar-refractivity contribution is 7.20. The number of carbonyl (C=O) groups is 1. The van der Waals surface area contributed by atoms with Gasteiger partial charge in [0.25, 0.3) is 17.0 Å². The summed E-state index contributed by atoms with van der Waals surface area (Å²) >= 11 is 0.748. The third-order valence-electron chi connectivity index (χ3n) is 5.46. The number of benzene rings is 1. The number of hydrogen-bond acceptors (Lipinski definition) is 5. The first-order valence-corrected chi connectivity index (χ1v) is 10.7. The van der Waals surface area contributed by atoms with Gasteiger partial charge in [0.15, 0.2) is 6.10 Å². The molecule has 0 bridgehead atoms. The van der Waals surface area contributed by atoms with Crippen LogP contribution in [0.4, 0.5) is 22.0 Å². The molecule has 0 spiro atoms. The topological polar surface area (TPSA) is 59.7 Å². The van der Waals surface area contributed by atoms with E-state index in [1.807, 2.05) is 0 Å². The number of halogens is 5. The molecule has 1 atom stereocenters. The normalized spacial score (nSPS) is 18.7. The van der Waals surface area contributed by atoms with Gasteiger partial charge in [0.1, 0.15) is 5.65 Å². The summed E-state index contributed by atoms with van der Waals surface area (Å²) in [6.07, 6.45) is -2.17. The lowest BCUT2D eigenvalue weighted by atomic mass is 10.0. The lowest BCUT2D eigenvalue weighted by molar-refractivity contribution is -0.136. The molecule has 1 aromatic carbocycles. The second-order valence-corrected chi connectivity index (χ2v) is 8.57. The van der Waals surface area contributed by atoms with E-state index in [-0.39, 0.29) is 27.5 Å². The van der Waals surface area contributed by atoms with Crippen LogP contribution in [0.5, 0.6) is 5.19 Å². The van der Waals surface area contributed by atoms with Crippen LogP contribution in [0.1, 0.15) is 22.3 Å². The molecule has 33 heavy (non-hydrogen) atoms. The standard InChI is InChI=1S/C21H15F5N4O2S/c22-20(23)6-9-30(18(31)12-3-2-8-29-10-7-27-17(12)29)11-15(20)32-19-28-16-13(21(24,25)26)4-1-5-14(16)33-19/h1-5,7-8,10,15H,6,9,11H2.